The molecule has 20 heavy (non-hydrogen) atoms. The molecule has 0 aromatic rings. The third kappa shape index (κ3) is 3.53. The van der Waals surface area contributed by atoms with Gasteiger partial charge in [-0.1, -0.05) is 26.2 Å². The van der Waals surface area contributed by atoms with Gasteiger partial charge >= 0.3 is 0 Å². The van der Waals surface area contributed by atoms with Gasteiger partial charge in [-0.2, -0.15) is 0 Å². The maximum atomic E-state index is 12.7. The first kappa shape index (κ1) is 15.8. The molecule has 1 amide bonds. The van der Waals surface area contributed by atoms with Crippen molar-refractivity contribution < 1.29 is 4.79 Å². The van der Waals surface area contributed by atoms with Gasteiger partial charge in [-0.25, -0.2) is 0 Å². The number of nitrogens with zero attached hydrogens (tertiary/aromatic N) is 2. The van der Waals surface area contributed by atoms with E-state index in [1.165, 1.54) is 19.3 Å². The number of carbonyl (C=O) groups excluding carboxylic acids is 1. The topological polar surface area (TPSA) is 49.6 Å². The lowest BCUT2D eigenvalue weighted by Crippen LogP contribution is -2.54. The number of amides is 1. The second-order valence-corrected chi connectivity index (χ2v) is 6.82. The van der Waals surface area contributed by atoms with Crippen molar-refractivity contribution in [3.63, 3.8) is 0 Å². The first-order chi connectivity index (χ1) is 9.60. The number of rotatable bonds is 4. The minimum absolute atomic E-state index is 0.0976. The second kappa shape index (κ2) is 6.90. The lowest BCUT2D eigenvalue weighted by Gasteiger charge is -2.42. The molecule has 2 fully saturated rings. The van der Waals surface area contributed by atoms with Gasteiger partial charge in [-0.05, 0) is 38.3 Å². The fourth-order valence-corrected chi connectivity index (χ4v) is 3.80. The Kier molecular flexibility index (Phi) is 5.44. The third-order valence-electron chi connectivity index (χ3n) is 5.47. The normalized spacial score (nSPS) is 27.6. The zero-order valence-electron chi connectivity index (χ0n) is 13.2. The van der Waals surface area contributed by atoms with Gasteiger partial charge in [0.2, 0.25) is 5.91 Å². The summed E-state index contributed by atoms with van der Waals surface area (Å²) in [4.78, 5) is 17.1. The van der Waals surface area contributed by atoms with Crippen LogP contribution in [0.2, 0.25) is 0 Å². The smallest absolute Gasteiger partial charge is 0.223 e. The van der Waals surface area contributed by atoms with E-state index in [1.807, 2.05) is 0 Å². The maximum absolute atomic E-state index is 12.7. The van der Waals surface area contributed by atoms with E-state index < -0.39 is 0 Å². The Bertz CT molecular complexity index is 326. The highest BCUT2D eigenvalue weighted by atomic mass is 16.2. The number of carbonyl (C=O) groups is 1. The Labute approximate surface area is 123 Å². The van der Waals surface area contributed by atoms with Gasteiger partial charge in [0.25, 0.3) is 0 Å². The fourth-order valence-electron chi connectivity index (χ4n) is 3.80. The summed E-state index contributed by atoms with van der Waals surface area (Å²) in [5.74, 6) is 0.337. The Morgan fingerprint density at radius 1 is 1.25 bits per heavy atom. The molecule has 0 spiro atoms. The molecule has 116 valence electrons. The van der Waals surface area contributed by atoms with Crippen LogP contribution in [0.15, 0.2) is 0 Å². The summed E-state index contributed by atoms with van der Waals surface area (Å²) < 4.78 is 0. The van der Waals surface area contributed by atoms with Crippen molar-refractivity contribution in [2.24, 2.45) is 11.1 Å². The number of likely N-dealkylation sites (N-methyl/N-ethyl adjacent to an activating group) is 1. The number of hydrogen-bond acceptors (Lipinski definition) is 3. The van der Waals surface area contributed by atoms with Gasteiger partial charge in [0, 0.05) is 32.1 Å². The van der Waals surface area contributed by atoms with Crippen LogP contribution in [0.3, 0.4) is 0 Å². The molecule has 0 aromatic heterocycles. The van der Waals surface area contributed by atoms with Crippen LogP contribution < -0.4 is 5.73 Å². The zero-order valence-corrected chi connectivity index (χ0v) is 13.2. The van der Waals surface area contributed by atoms with Gasteiger partial charge in [0.1, 0.15) is 0 Å². The molecule has 1 aliphatic carbocycles. The van der Waals surface area contributed by atoms with Crippen molar-refractivity contribution in [2.45, 2.75) is 57.9 Å². The van der Waals surface area contributed by atoms with Crippen molar-refractivity contribution >= 4 is 5.91 Å². The second-order valence-electron chi connectivity index (χ2n) is 6.82. The molecular formula is C16H31N3O. The SMILES string of the molecule is CCC1CN(C(=O)CC2(CN)CCCCC2)CCN1C. The van der Waals surface area contributed by atoms with Gasteiger partial charge in [-0.3, -0.25) is 9.69 Å². The Hall–Kier alpha value is -0.610. The number of piperazine rings is 1. The molecule has 0 radical (unpaired) electrons. The average Bonchev–Trinajstić information content (AvgIpc) is 2.48. The molecule has 1 saturated carbocycles. The minimum Gasteiger partial charge on any atom is -0.340 e. The highest BCUT2D eigenvalue weighted by molar-refractivity contribution is 5.77. The Morgan fingerprint density at radius 2 is 1.95 bits per heavy atom. The number of hydrogen-bond donors (Lipinski definition) is 1. The fraction of sp³-hybridized carbons (Fsp3) is 0.938. The van der Waals surface area contributed by atoms with E-state index in [2.05, 4.69) is 23.8 Å². The van der Waals surface area contributed by atoms with Crippen molar-refractivity contribution in [2.75, 3.05) is 33.2 Å². The zero-order chi connectivity index (χ0) is 14.6. The lowest BCUT2D eigenvalue weighted by molar-refractivity contribution is -0.137. The molecule has 4 heteroatoms. The van der Waals surface area contributed by atoms with Crippen LogP contribution in [0.25, 0.3) is 0 Å². The van der Waals surface area contributed by atoms with Crippen LogP contribution in [0.5, 0.6) is 0 Å². The van der Waals surface area contributed by atoms with Crippen molar-refractivity contribution in [3.8, 4) is 0 Å². The number of nitrogens with two attached hydrogens (primary N) is 1. The highest BCUT2D eigenvalue weighted by Gasteiger charge is 2.35. The standard InChI is InChI=1S/C16H31N3O/c1-3-14-12-19(10-9-18(14)2)15(20)11-16(13-17)7-5-4-6-8-16/h14H,3-13,17H2,1-2H3. The summed E-state index contributed by atoms with van der Waals surface area (Å²) in [6.07, 6.45) is 7.85. The van der Waals surface area contributed by atoms with Crippen LogP contribution in [0.1, 0.15) is 51.9 Å². The first-order valence-corrected chi connectivity index (χ1v) is 8.28. The van der Waals surface area contributed by atoms with Crippen molar-refractivity contribution in [3.05, 3.63) is 0 Å². The molecule has 1 atom stereocenters. The predicted octanol–water partition coefficient (Wildman–Crippen LogP) is 1.84. The van der Waals surface area contributed by atoms with Gasteiger partial charge in [0.05, 0.1) is 0 Å². The molecule has 1 aliphatic heterocycles. The van der Waals surface area contributed by atoms with E-state index in [0.717, 1.165) is 38.9 Å². The average molecular weight is 281 g/mol. The Balaban J connectivity index is 1.93. The van der Waals surface area contributed by atoms with Gasteiger partial charge in [-0.15, -0.1) is 0 Å². The molecule has 1 heterocycles. The summed E-state index contributed by atoms with van der Waals surface area (Å²) in [6, 6.07) is 0.521. The van der Waals surface area contributed by atoms with Crippen molar-refractivity contribution in [1.29, 1.82) is 0 Å². The van der Waals surface area contributed by atoms with Crippen LogP contribution in [-0.4, -0.2) is 55.0 Å². The molecule has 2 aliphatic rings. The predicted molar refractivity (Wildman–Crippen MR) is 82.5 cm³/mol. The molecular weight excluding hydrogens is 250 g/mol. The minimum atomic E-state index is 0.0976. The maximum Gasteiger partial charge on any atom is 0.223 e. The van der Waals surface area contributed by atoms with Gasteiger partial charge < -0.3 is 10.6 Å². The monoisotopic (exact) mass is 281 g/mol. The molecule has 4 nitrogen and oxygen atoms in total. The summed E-state index contributed by atoms with van der Waals surface area (Å²) >= 11 is 0. The van der Waals surface area contributed by atoms with Crippen LogP contribution in [-0.2, 0) is 4.79 Å². The molecule has 0 bridgehead atoms. The molecule has 2 N–H and O–H groups in total. The van der Waals surface area contributed by atoms with Crippen LogP contribution >= 0.6 is 0 Å². The first-order valence-electron chi connectivity index (χ1n) is 8.28. The van der Waals surface area contributed by atoms with Gasteiger partial charge in [0.15, 0.2) is 0 Å². The van der Waals surface area contributed by atoms with Crippen molar-refractivity contribution in [1.82, 2.24) is 9.80 Å². The summed E-state index contributed by atoms with van der Waals surface area (Å²) in [5.41, 5.74) is 6.11. The summed E-state index contributed by atoms with van der Waals surface area (Å²) in [6.45, 7) is 5.65. The van der Waals surface area contributed by atoms with Crippen LogP contribution in [0, 0.1) is 5.41 Å². The largest absolute Gasteiger partial charge is 0.340 e. The quantitative estimate of drug-likeness (QED) is 0.855. The highest BCUT2D eigenvalue weighted by Crippen LogP contribution is 2.38. The summed E-state index contributed by atoms with van der Waals surface area (Å²) in [7, 11) is 2.17. The Morgan fingerprint density at radius 3 is 2.55 bits per heavy atom. The molecule has 1 unspecified atom stereocenters. The molecule has 1 saturated heterocycles. The van der Waals surface area contributed by atoms with E-state index in [4.69, 9.17) is 5.73 Å². The lowest BCUT2D eigenvalue weighted by atomic mass is 9.71. The van der Waals surface area contributed by atoms with E-state index in [1.54, 1.807) is 0 Å². The third-order valence-corrected chi connectivity index (χ3v) is 5.47. The van der Waals surface area contributed by atoms with E-state index in [9.17, 15) is 4.79 Å². The van der Waals surface area contributed by atoms with E-state index >= 15 is 0 Å². The van der Waals surface area contributed by atoms with Crippen LogP contribution in [0.4, 0.5) is 0 Å². The van der Waals surface area contributed by atoms with E-state index in [-0.39, 0.29) is 5.41 Å². The molecule has 2 rings (SSSR count). The van der Waals surface area contributed by atoms with E-state index in [0.29, 0.717) is 24.9 Å². The summed E-state index contributed by atoms with van der Waals surface area (Å²) in [5, 5.41) is 0. The molecule has 0 aromatic carbocycles.